The molecule has 1 amide bonds. The lowest BCUT2D eigenvalue weighted by molar-refractivity contribution is -0.119. The predicted octanol–water partition coefficient (Wildman–Crippen LogP) is 3.43. The fourth-order valence-corrected chi connectivity index (χ4v) is 3.06. The van der Waals surface area contributed by atoms with Crippen molar-refractivity contribution < 1.29 is 4.79 Å². The molecule has 5 heteroatoms. The first-order chi connectivity index (χ1) is 9.46. The van der Waals surface area contributed by atoms with Crippen molar-refractivity contribution in [2.45, 2.75) is 37.1 Å². The van der Waals surface area contributed by atoms with Gasteiger partial charge in [0.25, 0.3) is 0 Å². The lowest BCUT2D eigenvalue weighted by Crippen LogP contribution is -2.47. The zero-order chi connectivity index (χ0) is 15.2. The van der Waals surface area contributed by atoms with Crippen molar-refractivity contribution in [3.8, 4) is 12.3 Å². The summed E-state index contributed by atoms with van der Waals surface area (Å²) in [5.41, 5.74) is 6.00. The Kier molecular flexibility index (Phi) is 6.44. The molecule has 1 aromatic rings. The third kappa shape index (κ3) is 4.46. The summed E-state index contributed by atoms with van der Waals surface area (Å²) in [5, 5.41) is 2.94. The Balaban J connectivity index is 2.64. The molecular weight excluding hydrogens is 336 g/mol. The Morgan fingerprint density at radius 3 is 2.70 bits per heavy atom. The second kappa shape index (κ2) is 7.61. The van der Waals surface area contributed by atoms with E-state index in [0.717, 1.165) is 22.2 Å². The molecule has 1 rings (SSSR count). The van der Waals surface area contributed by atoms with E-state index >= 15 is 0 Å². The number of nitrogens with two attached hydrogens (primary N) is 1. The van der Waals surface area contributed by atoms with Crippen molar-refractivity contribution in [2.75, 3.05) is 11.5 Å². The van der Waals surface area contributed by atoms with Crippen molar-refractivity contribution in [3.05, 3.63) is 22.7 Å². The first kappa shape index (κ1) is 16.9. The highest BCUT2D eigenvalue weighted by molar-refractivity contribution is 9.10. The van der Waals surface area contributed by atoms with E-state index in [0.29, 0.717) is 11.4 Å². The number of rotatable bonds is 6. The van der Waals surface area contributed by atoms with Gasteiger partial charge in [-0.25, -0.2) is 0 Å². The van der Waals surface area contributed by atoms with Crippen LogP contribution in [0, 0.1) is 12.3 Å². The normalized spacial score (nSPS) is 10.9. The number of carbonyl (C=O) groups excluding carboxylic acids is 1. The molecule has 0 aliphatic rings. The molecule has 0 saturated heterocycles. The lowest BCUT2D eigenvalue weighted by atomic mass is 9.94. The highest BCUT2D eigenvalue weighted by Gasteiger charge is 2.25. The number of halogens is 1. The van der Waals surface area contributed by atoms with Crippen LogP contribution in [0.5, 0.6) is 0 Å². The van der Waals surface area contributed by atoms with E-state index in [4.69, 9.17) is 12.2 Å². The van der Waals surface area contributed by atoms with Gasteiger partial charge in [-0.3, -0.25) is 4.79 Å². The average molecular weight is 355 g/mol. The van der Waals surface area contributed by atoms with Crippen LogP contribution in [0.15, 0.2) is 27.6 Å². The van der Waals surface area contributed by atoms with E-state index in [1.807, 2.05) is 32.0 Å². The van der Waals surface area contributed by atoms with Gasteiger partial charge in [0, 0.05) is 15.1 Å². The summed E-state index contributed by atoms with van der Waals surface area (Å²) >= 11 is 4.80. The monoisotopic (exact) mass is 354 g/mol. The van der Waals surface area contributed by atoms with Crippen LogP contribution >= 0.6 is 27.7 Å². The Labute approximate surface area is 133 Å². The molecule has 3 N–H and O–H groups in total. The molecular formula is C15H19BrN2OS. The van der Waals surface area contributed by atoms with Crippen LogP contribution in [-0.2, 0) is 4.79 Å². The van der Waals surface area contributed by atoms with Crippen molar-refractivity contribution in [1.82, 2.24) is 5.32 Å². The number of terminal acetylenes is 1. The first-order valence-corrected chi connectivity index (χ1v) is 8.20. The molecule has 108 valence electrons. The minimum absolute atomic E-state index is 0.0731. The smallest absolute Gasteiger partial charge is 0.231 e. The third-order valence-corrected chi connectivity index (χ3v) is 4.76. The van der Waals surface area contributed by atoms with Gasteiger partial charge in [-0.1, -0.05) is 35.7 Å². The maximum absolute atomic E-state index is 12.0. The van der Waals surface area contributed by atoms with E-state index in [9.17, 15) is 4.79 Å². The quantitative estimate of drug-likeness (QED) is 0.467. The summed E-state index contributed by atoms with van der Waals surface area (Å²) in [4.78, 5) is 12.9. The number of hydrogen-bond acceptors (Lipinski definition) is 3. The Morgan fingerprint density at radius 1 is 1.50 bits per heavy atom. The molecule has 0 atom stereocenters. The van der Waals surface area contributed by atoms with Gasteiger partial charge in [-0.15, -0.1) is 18.2 Å². The van der Waals surface area contributed by atoms with Crippen LogP contribution in [0.2, 0.25) is 0 Å². The molecule has 0 aliphatic heterocycles. The SMILES string of the molecule is C#CC(CC)(CC)NC(=O)CSc1cc(Br)ccc1N. The van der Waals surface area contributed by atoms with Crippen LogP contribution in [0.3, 0.4) is 0 Å². The van der Waals surface area contributed by atoms with E-state index in [1.165, 1.54) is 11.8 Å². The van der Waals surface area contributed by atoms with Gasteiger partial charge in [-0.2, -0.15) is 0 Å². The van der Waals surface area contributed by atoms with E-state index in [1.54, 1.807) is 0 Å². The second-order valence-electron chi connectivity index (χ2n) is 4.45. The van der Waals surface area contributed by atoms with Gasteiger partial charge in [0.2, 0.25) is 5.91 Å². The van der Waals surface area contributed by atoms with Crippen LogP contribution in [-0.4, -0.2) is 17.2 Å². The number of anilines is 1. The molecule has 20 heavy (non-hydrogen) atoms. The number of benzene rings is 1. The van der Waals surface area contributed by atoms with Crippen LogP contribution in [0.1, 0.15) is 26.7 Å². The number of nitrogen functional groups attached to an aromatic ring is 1. The maximum Gasteiger partial charge on any atom is 0.231 e. The summed E-state index contributed by atoms with van der Waals surface area (Å²) in [6.07, 6.45) is 6.97. The minimum atomic E-state index is -0.541. The zero-order valence-corrected chi connectivity index (χ0v) is 14.1. The fourth-order valence-electron chi connectivity index (χ4n) is 1.75. The Morgan fingerprint density at radius 2 is 2.15 bits per heavy atom. The maximum atomic E-state index is 12.0. The molecule has 0 aromatic heterocycles. The topological polar surface area (TPSA) is 55.1 Å². The summed E-state index contributed by atoms with van der Waals surface area (Å²) in [6.45, 7) is 3.95. The summed E-state index contributed by atoms with van der Waals surface area (Å²) < 4.78 is 0.940. The Hall–Kier alpha value is -1.12. The van der Waals surface area contributed by atoms with Gasteiger partial charge in [0.05, 0.1) is 5.75 Å². The second-order valence-corrected chi connectivity index (χ2v) is 6.39. The molecule has 0 heterocycles. The summed E-state index contributed by atoms with van der Waals surface area (Å²) in [7, 11) is 0. The van der Waals surface area contributed by atoms with Gasteiger partial charge in [0.1, 0.15) is 5.54 Å². The van der Waals surface area contributed by atoms with Gasteiger partial charge >= 0.3 is 0 Å². The molecule has 0 aliphatic carbocycles. The number of carbonyl (C=O) groups is 1. The molecule has 0 bridgehead atoms. The van der Waals surface area contributed by atoms with Crippen LogP contribution in [0.4, 0.5) is 5.69 Å². The standard InChI is InChI=1S/C15H19BrN2OS/c1-4-15(5-2,6-3)18-14(19)10-20-13-9-11(16)7-8-12(13)17/h1,7-9H,5-6,10,17H2,2-3H3,(H,18,19). The van der Waals surface area contributed by atoms with Crippen molar-refractivity contribution in [1.29, 1.82) is 0 Å². The zero-order valence-electron chi connectivity index (χ0n) is 11.7. The van der Waals surface area contributed by atoms with Crippen molar-refractivity contribution >= 4 is 39.3 Å². The molecule has 0 unspecified atom stereocenters. The minimum Gasteiger partial charge on any atom is -0.398 e. The van der Waals surface area contributed by atoms with Crippen molar-refractivity contribution in [3.63, 3.8) is 0 Å². The van der Waals surface area contributed by atoms with E-state index in [-0.39, 0.29) is 5.91 Å². The number of hydrogen-bond donors (Lipinski definition) is 2. The largest absolute Gasteiger partial charge is 0.398 e. The molecule has 1 aromatic carbocycles. The van der Waals surface area contributed by atoms with Crippen LogP contribution in [0.25, 0.3) is 0 Å². The third-order valence-electron chi connectivity index (χ3n) is 3.20. The van der Waals surface area contributed by atoms with Gasteiger partial charge < -0.3 is 11.1 Å². The highest BCUT2D eigenvalue weighted by Crippen LogP contribution is 2.28. The van der Waals surface area contributed by atoms with Crippen molar-refractivity contribution in [2.24, 2.45) is 0 Å². The highest BCUT2D eigenvalue weighted by atomic mass is 79.9. The van der Waals surface area contributed by atoms with Crippen LogP contribution < -0.4 is 11.1 Å². The number of thioether (sulfide) groups is 1. The molecule has 3 nitrogen and oxygen atoms in total. The first-order valence-electron chi connectivity index (χ1n) is 6.43. The Bertz CT molecular complexity index is 521. The van der Waals surface area contributed by atoms with E-state index in [2.05, 4.69) is 27.2 Å². The number of amides is 1. The predicted molar refractivity (Wildman–Crippen MR) is 89.6 cm³/mol. The lowest BCUT2D eigenvalue weighted by Gasteiger charge is -2.27. The summed E-state index contributed by atoms with van der Waals surface area (Å²) in [5.74, 6) is 2.91. The fraction of sp³-hybridized carbons (Fsp3) is 0.400. The van der Waals surface area contributed by atoms with Gasteiger partial charge in [0.15, 0.2) is 0 Å². The molecule has 0 saturated carbocycles. The van der Waals surface area contributed by atoms with Gasteiger partial charge in [-0.05, 0) is 31.0 Å². The summed E-state index contributed by atoms with van der Waals surface area (Å²) in [6, 6.07) is 5.59. The van der Waals surface area contributed by atoms with E-state index < -0.39 is 5.54 Å². The molecule has 0 spiro atoms. The average Bonchev–Trinajstić information content (AvgIpc) is 2.46. The number of nitrogens with one attached hydrogen (secondary N) is 1. The molecule has 0 fully saturated rings. The molecule has 0 radical (unpaired) electrons.